The first-order chi connectivity index (χ1) is 22.4. The lowest BCUT2D eigenvalue weighted by molar-refractivity contribution is -0.137. The molecule has 46 heavy (non-hydrogen) atoms. The van der Waals surface area contributed by atoms with E-state index in [2.05, 4.69) is 32.0 Å². The molecule has 0 radical (unpaired) electrons. The number of nitrogen functional groups attached to an aromatic ring is 1. The first-order valence-electron chi connectivity index (χ1n) is 15.8. The number of anilines is 1. The Kier molecular flexibility index (Phi) is 11.2. The number of aryl methyl sites for hydroxylation is 2. The maximum Gasteiger partial charge on any atom is 0.338 e. The predicted octanol–water partition coefficient (Wildman–Crippen LogP) is 8.82. The third-order valence-electron chi connectivity index (χ3n) is 7.93. The topological polar surface area (TPSA) is 115 Å². The van der Waals surface area contributed by atoms with Crippen LogP contribution in [-0.4, -0.2) is 35.2 Å². The number of nitrogens with zero attached hydrogens (tertiary/aromatic N) is 1. The van der Waals surface area contributed by atoms with E-state index in [-0.39, 0.29) is 12.4 Å². The van der Waals surface area contributed by atoms with Crippen molar-refractivity contribution in [2.45, 2.75) is 52.4 Å². The van der Waals surface area contributed by atoms with E-state index in [0.717, 1.165) is 75.9 Å². The Morgan fingerprint density at radius 2 is 1.74 bits per heavy atom. The van der Waals surface area contributed by atoms with Gasteiger partial charge >= 0.3 is 11.9 Å². The number of carboxylic acid groups (broad SMARTS) is 1. The van der Waals surface area contributed by atoms with Gasteiger partial charge < -0.3 is 20.0 Å². The summed E-state index contributed by atoms with van der Waals surface area (Å²) in [7, 11) is 0. The summed E-state index contributed by atoms with van der Waals surface area (Å²) >= 11 is 1.80. The van der Waals surface area contributed by atoms with E-state index in [1.54, 1.807) is 17.8 Å². The van der Waals surface area contributed by atoms with E-state index in [1.807, 2.05) is 54.6 Å². The molecule has 1 aliphatic heterocycles. The van der Waals surface area contributed by atoms with Gasteiger partial charge in [0, 0.05) is 40.8 Å². The van der Waals surface area contributed by atoms with Crippen LogP contribution in [0.3, 0.4) is 0 Å². The van der Waals surface area contributed by atoms with Gasteiger partial charge in [-0.05, 0) is 91.1 Å². The van der Waals surface area contributed by atoms with Crippen LogP contribution in [0.1, 0.15) is 60.5 Å². The molecular weight excluding hydrogens is 596 g/mol. The van der Waals surface area contributed by atoms with Gasteiger partial charge in [-0.25, -0.2) is 9.79 Å². The summed E-state index contributed by atoms with van der Waals surface area (Å²) in [5.41, 5.74) is 13.6. The molecule has 5 rings (SSSR count). The maximum absolute atomic E-state index is 13.4. The third kappa shape index (κ3) is 7.98. The van der Waals surface area contributed by atoms with Crippen molar-refractivity contribution in [1.29, 1.82) is 0 Å². The van der Waals surface area contributed by atoms with E-state index in [0.29, 0.717) is 35.6 Å². The molecular formula is C38H40N2O5S. The molecule has 0 saturated carbocycles. The van der Waals surface area contributed by atoms with Gasteiger partial charge in [0.1, 0.15) is 11.3 Å². The number of nitrogens with two attached hydrogens (primary N) is 1. The number of carboxylic acids is 1. The summed E-state index contributed by atoms with van der Waals surface area (Å²) in [6.07, 6.45) is 4.47. The maximum atomic E-state index is 13.4. The Morgan fingerprint density at radius 3 is 2.57 bits per heavy atom. The van der Waals surface area contributed by atoms with Gasteiger partial charge in [-0.3, -0.25) is 4.79 Å². The van der Waals surface area contributed by atoms with Gasteiger partial charge in [-0.2, -0.15) is 11.8 Å². The van der Waals surface area contributed by atoms with Crippen LogP contribution in [0, 0.1) is 6.92 Å². The Balaban J connectivity index is 1.41. The first-order valence-corrected chi connectivity index (χ1v) is 17.0. The minimum atomic E-state index is -0.742. The number of ether oxygens (including phenoxy) is 1. The zero-order valence-electron chi connectivity index (χ0n) is 26.4. The second kappa shape index (κ2) is 15.6. The number of para-hydroxylation sites is 1. The highest BCUT2D eigenvalue weighted by molar-refractivity contribution is 7.99. The number of aliphatic carboxylic acids is 1. The van der Waals surface area contributed by atoms with Gasteiger partial charge in [0.05, 0.1) is 23.2 Å². The molecule has 0 spiro atoms. The number of benzene rings is 4. The summed E-state index contributed by atoms with van der Waals surface area (Å²) in [5, 5.41) is 10.4. The Bertz CT molecular complexity index is 1880. The average Bonchev–Trinajstić information content (AvgIpc) is 3.05. The molecule has 3 N–H and O–H groups in total. The van der Waals surface area contributed by atoms with E-state index in [1.165, 1.54) is 5.56 Å². The van der Waals surface area contributed by atoms with E-state index in [9.17, 15) is 9.59 Å². The highest BCUT2D eigenvalue weighted by Gasteiger charge is 2.22. The molecule has 238 valence electrons. The number of carbonyl (C=O) groups is 2. The number of rotatable bonds is 14. The molecule has 3 aromatic rings. The van der Waals surface area contributed by atoms with Crippen LogP contribution >= 0.6 is 11.8 Å². The lowest BCUT2D eigenvalue weighted by Crippen LogP contribution is -2.09. The van der Waals surface area contributed by atoms with Gasteiger partial charge in [-0.15, -0.1) is 0 Å². The Morgan fingerprint density at radius 1 is 0.913 bits per heavy atom. The van der Waals surface area contributed by atoms with Crippen LogP contribution in [0.4, 0.5) is 11.4 Å². The number of esters is 1. The lowest BCUT2D eigenvalue weighted by atomic mass is 9.90. The van der Waals surface area contributed by atoms with Crippen molar-refractivity contribution in [2.24, 2.45) is 4.99 Å². The van der Waals surface area contributed by atoms with E-state index < -0.39 is 5.97 Å². The summed E-state index contributed by atoms with van der Waals surface area (Å²) < 4.78 is 12.2. The van der Waals surface area contributed by atoms with Crippen molar-refractivity contribution >= 4 is 46.0 Å². The fraction of sp³-hybridized carbons (Fsp3) is 0.289. The second-order valence-electron chi connectivity index (χ2n) is 11.3. The van der Waals surface area contributed by atoms with Crippen molar-refractivity contribution in [3.8, 4) is 22.5 Å². The Hall–Kier alpha value is -4.56. The average molecular weight is 637 g/mol. The molecule has 0 atom stereocenters. The van der Waals surface area contributed by atoms with Crippen molar-refractivity contribution < 1.29 is 23.8 Å². The number of fused-ring (bicyclic) bond motifs is 2. The number of unbranched alkanes of at least 4 members (excludes halogenated alkanes) is 2. The normalized spacial score (nSPS) is 11.7. The largest absolute Gasteiger partial charge is 0.481 e. The number of hydrogen-bond acceptors (Lipinski definition) is 7. The quantitative estimate of drug-likeness (QED) is 0.0542. The molecule has 0 bridgehead atoms. The summed E-state index contributed by atoms with van der Waals surface area (Å²) in [5.74, 6) is 1.38. The van der Waals surface area contributed by atoms with Gasteiger partial charge in [0.2, 0.25) is 0 Å². The summed E-state index contributed by atoms with van der Waals surface area (Å²) in [6.45, 7) is 4.52. The fourth-order valence-corrected chi connectivity index (χ4v) is 6.53. The molecule has 2 aliphatic rings. The molecule has 3 aromatic carbocycles. The van der Waals surface area contributed by atoms with E-state index in [4.69, 9.17) is 25.0 Å². The number of carbonyl (C=O) groups excluding carboxylic acids is 1. The highest BCUT2D eigenvalue weighted by atomic mass is 32.2. The van der Waals surface area contributed by atoms with Gasteiger partial charge in [0.15, 0.2) is 0 Å². The molecule has 8 heteroatoms. The van der Waals surface area contributed by atoms with Crippen molar-refractivity contribution in [1.82, 2.24) is 0 Å². The van der Waals surface area contributed by atoms with Crippen LogP contribution in [0.5, 0.6) is 0 Å². The third-order valence-corrected chi connectivity index (χ3v) is 9.09. The van der Waals surface area contributed by atoms with Gasteiger partial charge in [-0.1, -0.05) is 49.7 Å². The number of hydrogen-bond donors (Lipinski definition) is 2. The standard InChI is InChI=1S/C38H40N2O5S/c1-3-26-12-9-11-25(2)37(26)40-28-17-19-32-34(24-28)45-33-23-27(39)16-18-31(33)36(32)29-13-6-7-14-30(29)38(43)44-20-10-22-46-21-8-4-5-15-35(41)42/h6-7,9,11-14,16-19,23-24H,3-5,8,10,15,20-22,39H2,1-2H3,(H,41,42). The monoisotopic (exact) mass is 636 g/mol. The first kappa shape index (κ1) is 32.8. The molecule has 7 nitrogen and oxygen atoms in total. The number of thioether (sulfide) groups is 1. The fourth-order valence-electron chi connectivity index (χ4n) is 5.59. The second-order valence-corrected chi connectivity index (χ2v) is 12.5. The lowest BCUT2D eigenvalue weighted by Gasteiger charge is -2.18. The molecule has 0 saturated heterocycles. The van der Waals surface area contributed by atoms with Crippen molar-refractivity contribution in [2.75, 3.05) is 23.8 Å². The zero-order chi connectivity index (χ0) is 32.5. The van der Waals surface area contributed by atoms with Crippen molar-refractivity contribution in [3.63, 3.8) is 0 Å². The van der Waals surface area contributed by atoms with Gasteiger partial charge in [0.25, 0.3) is 0 Å². The predicted molar refractivity (Wildman–Crippen MR) is 187 cm³/mol. The minimum Gasteiger partial charge on any atom is -0.481 e. The zero-order valence-corrected chi connectivity index (χ0v) is 27.2. The molecule has 1 aliphatic carbocycles. The molecule has 0 aromatic heterocycles. The van der Waals surface area contributed by atoms with Crippen molar-refractivity contribution in [3.05, 3.63) is 101 Å². The molecule has 0 fully saturated rings. The van der Waals surface area contributed by atoms with Crippen LogP contribution in [0.2, 0.25) is 0 Å². The van der Waals surface area contributed by atoms with Crippen LogP contribution in [0.15, 0.2) is 88.3 Å². The Labute approximate surface area is 273 Å². The summed E-state index contributed by atoms with van der Waals surface area (Å²) in [4.78, 5) is 29.1. The highest BCUT2D eigenvalue weighted by Crippen LogP contribution is 2.41. The van der Waals surface area contributed by atoms with Crippen LogP contribution in [-0.2, 0) is 16.0 Å². The summed E-state index contributed by atoms with van der Waals surface area (Å²) in [6, 6.07) is 25.3. The van der Waals surface area contributed by atoms with Crippen LogP contribution < -0.4 is 11.1 Å². The smallest absolute Gasteiger partial charge is 0.338 e. The van der Waals surface area contributed by atoms with Crippen LogP contribution in [0.25, 0.3) is 33.4 Å². The molecule has 0 amide bonds. The molecule has 1 heterocycles. The molecule has 0 unspecified atom stereocenters. The SMILES string of the molecule is CCc1cccc(C)c1N=c1ccc2c(-c3ccccc3C(=O)OCCCSCCCCCC(=O)O)c3ccc(N)cc3oc-2c1. The minimum absolute atomic E-state index is 0.226. The van der Waals surface area contributed by atoms with E-state index >= 15 is 0 Å².